The lowest BCUT2D eigenvalue weighted by atomic mass is 10.1. The highest BCUT2D eigenvalue weighted by Gasteiger charge is 2.15. The Morgan fingerprint density at radius 1 is 1.11 bits per heavy atom. The lowest BCUT2D eigenvalue weighted by Crippen LogP contribution is -2.27. The van der Waals surface area contributed by atoms with Crippen LogP contribution in [0.5, 0.6) is 17.2 Å². The van der Waals surface area contributed by atoms with Gasteiger partial charge >= 0.3 is 0 Å². The molecule has 0 bridgehead atoms. The molecule has 148 valence electrons. The van der Waals surface area contributed by atoms with E-state index in [-0.39, 0.29) is 11.9 Å². The SMILES string of the molecule is C=CCOc1ccc(/C=C/C(=O)N(C)C(C)c2ccc(OC)cc2)cc1OC. The van der Waals surface area contributed by atoms with Crippen molar-refractivity contribution >= 4 is 12.0 Å². The fraction of sp³-hybridized carbons (Fsp3) is 0.261. The quantitative estimate of drug-likeness (QED) is 0.474. The predicted molar refractivity (Wildman–Crippen MR) is 112 cm³/mol. The molecule has 0 spiro atoms. The van der Waals surface area contributed by atoms with E-state index >= 15 is 0 Å². The Balaban J connectivity index is 2.07. The van der Waals surface area contributed by atoms with E-state index in [9.17, 15) is 4.79 Å². The second kappa shape index (κ2) is 10.2. The molecule has 1 unspecified atom stereocenters. The second-order valence-corrected chi connectivity index (χ2v) is 6.24. The Morgan fingerprint density at radius 2 is 1.82 bits per heavy atom. The summed E-state index contributed by atoms with van der Waals surface area (Å²) in [7, 11) is 5.00. The van der Waals surface area contributed by atoms with Gasteiger partial charge in [-0.25, -0.2) is 0 Å². The van der Waals surface area contributed by atoms with Crippen LogP contribution in [0, 0.1) is 0 Å². The van der Waals surface area contributed by atoms with Crippen LogP contribution in [0.15, 0.2) is 61.2 Å². The number of hydrogen-bond acceptors (Lipinski definition) is 4. The average molecular weight is 381 g/mol. The predicted octanol–water partition coefficient (Wildman–Crippen LogP) is 4.50. The van der Waals surface area contributed by atoms with Crippen molar-refractivity contribution in [1.29, 1.82) is 0 Å². The highest BCUT2D eigenvalue weighted by molar-refractivity contribution is 5.92. The first kappa shape index (κ1) is 21.1. The molecule has 0 radical (unpaired) electrons. The minimum absolute atomic E-state index is 0.0627. The maximum Gasteiger partial charge on any atom is 0.246 e. The molecule has 0 aliphatic carbocycles. The molecule has 5 nitrogen and oxygen atoms in total. The minimum atomic E-state index is -0.0886. The van der Waals surface area contributed by atoms with E-state index in [0.29, 0.717) is 18.1 Å². The lowest BCUT2D eigenvalue weighted by molar-refractivity contribution is -0.126. The highest BCUT2D eigenvalue weighted by Crippen LogP contribution is 2.28. The highest BCUT2D eigenvalue weighted by atomic mass is 16.5. The Bertz CT molecular complexity index is 827. The monoisotopic (exact) mass is 381 g/mol. The molecule has 0 aliphatic rings. The Hall–Kier alpha value is -3.21. The molecule has 28 heavy (non-hydrogen) atoms. The summed E-state index contributed by atoms with van der Waals surface area (Å²) in [6.45, 7) is 6.02. The summed E-state index contributed by atoms with van der Waals surface area (Å²) in [5.74, 6) is 1.95. The molecular formula is C23H27NO4. The first-order chi connectivity index (χ1) is 13.5. The van der Waals surface area contributed by atoms with E-state index in [4.69, 9.17) is 14.2 Å². The Kier molecular flexibility index (Phi) is 7.69. The molecule has 5 heteroatoms. The third-order valence-corrected chi connectivity index (χ3v) is 4.49. The van der Waals surface area contributed by atoms with Crippen molar-refractivity contribution in [2.24, 2.45) is 0 Å². The topological polar surface area (TPSA) is 48.0 Å². The summed E-state index contributed by atoms with van der Waals surface area (Å²) < 4.78 is 16.1. The zero-order chi connectivity index (χ0) is 20.5. The number of carbonyl (C=O) groups excluding carboxylic acids is 1. The normalized spacial score (nSPS) is 11.7. The smallest absolute Gasteiger partial charge is 0.246 e. The van der Waals surface area contributed by atoms with Crippen LogP contribution in [0.25, 0.3) is 6.08 Å². The number of benzene rings is 2. The van der Waals surface area contributed by atoms with E-state index in [1.54, 1.807) is 44.4 Å². The molecule has 0 fully saturated rings. The molecular weight excluding hydrogens is 354 g/mol. The number of carbonyl (C=O) groups is 1. The number of rotatable bonds is 9. The third-order valence-electron chi connectivity index (χ3n) is 4.49. The number of amides is 1. The van der Waals surface area contributed by atoms with Crippen LogP contribution >= 0.6 is 0 Å². The van der Waals surface area contributed by atoms with Crippen molar-refractivity contribution in [3.63, 3.8) is 0 Å². The van der Waals surface area contributed by atoms with Gasteiger partial charge in [0.1, 0.15) is 12.4 Å². The fourth-order valence-electron chi connectivity index (χ4n) is 2.64. The summed E-state index contributed by atoms with van der Waals surface area (Å²) in [5.41, 5.74) is 1.89. The van der Waals surface area contributed by atoms with E-state index in [0.717, 1.165) is 16.9 Å². The molecule has 0 aromatic heterocycles. The molecule has 2 rings (SSSR count). The van der Waals surface area contributed by atoms with Crippen molar-refractivity contribution < 1.29 is 19.0 Å². The van der Waals surface area contributed by atoms with Crippen LogP contribution in [0.1, 0.15) is 24.1 Å². The van der Waals surface area contributed by atoms with Gasteiger partial charge in [-0.1, -0.05) is 30.9 Å². The summed E-state index contributed by atoms with van der Waals surface area (Å²) in [6.07, 6.45) is 4.99. The minimum Gasteiger partial charge on any atom is -0.497 e. The van der Waals surface area contributed by atoms with Gasteiger partial charge in [-0.3, -0.25) is 4.79 Å². The van der Waals surface area contributed by atoms with Crippen LogP contribution in [-0.2, 0) is 4.79 Å². The number of methoxy groups -OCH3 is 2. The van der Waals surface area contributed by atoms with E-state index in [1.165, 1.54) is 0 Å². The van der Waals surface area contributed by atoms with Crippen molar-refractivity contribution in [1.82, 2.24) is 4.90 Å². The molecule has 0 heterocycles. The standard InChI is InChI=1S/C23H27NO4/c1-6-15-28-21-13-7-18(16-22(21)27-5)8-14-23(25)24(3)17(2)19-9-11-20(26-4)12-10-19/h6-14,16-17H,1,15H2,2-5H3/b14-8+. The van der Waals surface area contributed by atoms with Crippen LogP contribution < -0.4 is 14.2 Å². The maximum absolute atomic E-state index is 12.6. The van der Waals surface area contributed by atoms with Gasteiger partial charge < -0.3 is 19.1 Å². The number of likely N-dealkylation sites (N-methyl/N-ethyl adjacent to an activating group) is 1. The zero-order valence-corrected chi connectivity index (χ0v) is 16.8. The molecule has 0 aliphatic heterocycles. The average Bonchev–Trinajstić information content (AvgIpc) is 2.75. The van der Waals surface area contributed by atoms with Crippen molar-refractivity contribution in [2.75, 3.05) is 27.9 Å². The third kappa shape index (κ3) is 5.39. The molecule has 0 saturated carbocycles. The van der Waals surface area contributed by atoms with Crippen LogP contribution in [0.2, 0.25) is 0 Å². The first-order valence-electron chi connectivity index (χ1n) is 9.00. The number of nitrogens with zero attached hydrogens (tertiary/aromatic N) is 1. The second-order valence-electron chi connectivity index (χ2n) is 6.24. The molecule has 2 aromatic carbocycles. The van der Waals surface area contributed by atoms with E-state index < -0.39 is 0 Å². The number of hydrogen-bond donors (Lipinski definition) is 0. The van der Waals surface area contributed by atoms with Crippen LogP contribution in [0.3, 0.4) is 0 Å². The van der Waals surface area contributed by atoms with Gasteiger partial charge in [-0.2, -0.15) is 0 Å². The zero-order valence-electron chi connectivity index (χ0n) is 16.8. The first-order valence-corrected chi connectivity index (χ1v) is 9.00. The summed E-state index contributed by atoms with van der Waals surface area (Å²) in [6, 6.07) is 13.2. The van der Waals surface area contributed by atoms with Gasteiger partial charge in [0, 0.05) is 13.1 Å². The summed E-state index contributed by atoms with van der Waals surface area (Å²) >= 11 is 0. The van der Waals surface area contributed by atoms with Gasteiger partial charge in [0.2, 0.25) is 5.91 Å². The van der Waals surface area contributed by atoms with Crippen LogP contribution in [-0.4, -0.2) is 38.7 Å². The molecule has 0 N–H and O–H groups in total. The van der Waals surface area contributed by atoms with E-state index in [1.807, 2.05) is 49.4 Å². The summed E-state index contributed by atoms with van der Waals surface area (Å²) in [5, 5.41) is 0. The van der Waals surface area contributed by atoms with Crippen molar-refractivity contribution in [3.05, 3.63) is 72.3 Å². The van der Waals surface area contributed by atoms with Crippen molar-refractivity contribution in [2.45, 2.75) is 13.0 Å². The molecule has 2 aromatic rings. The van der Waals surface area contributed by atoms with Gasteiger partial charge in [0.25, 0.3) is 0 Å². The lowest BCUT2D eigenvalue weighted by Gasteiger charge is -2.24. The largest absolute Gasteiger partial charge is 0.497 e. The Morgan fingerprint density at radius 3 is 2.43 bits per heavy atom. The van der Waals surface area contributed by atoms with Gasteiger partial charge in [0.05, 0.1) is 20.3 Å². The molecule has 1 amide bonds. The number of ether oxygens (including phenoxy) is 3. The van der Waals surface area contributed by atoms with Gasteiger partial charge in [0.15, 0.2) is 11.5 Å². The molecule has 1 atom stereocenters. The van der Waals surface area contributed by atoms with Crippen LogP contribution in [0.4, 0.5) is 0 Å². The van der Waals surface area contributed by atoms with Crippen molar-refractivity contribution in [3.8, 4) is 17.2 Å². The van der Waals surface area contributed by atoms with E-state index in [2.05, 4.69) is 6.58 Å². The van der Waals surface area contributed by atoms with Gasteiger partial charge in [-0.05, 0) is 48.4 Å². The molecule has 0 saturated heterocycles. The maximum atomic E-state index is 12.6. The van der Waals surface area contributed by atoms with Gasteiger partial charge in [-0.15, -0.1) is 0 Å². The summed E-state index contributed by atoms with van der Waals surface area (Å²) in [4.78, 5) is 14.3. The fourth-order valence-corrected chi connectivity index (χ4v) is 2.64. The Labute approximate surface area is 166 Å².